The molecule has 1 aliphatic rings. The molecule has 1 atom stereocenters. The number of hydrogen-bond donors (Lipinski definition) is 2. The number of rotatable bonds is 5. The third-order valence-electron chi connectivity index (χ3n) is 3.32. The number of nitrogens with zero attached hydrogens (tertiary/aromatic N) is 3. The monoisotopic (exact) mass is 335 g/mol. The number of nitrogen functional groups attached to an aromatic ring is 1. The second-order valence-corrected chi connectivity index (χ2v) is 5.94. The lowest BCUT2D eigenvalue weighted by atomic mass is 10.1. The van der Waals surface area contributed by atoms with E-state index in [4.69, 9.17) is 15.3 Å². The number of fused-ring (bicyclic) bond motifs is 1. The zero-order valence-electron chi connectivity index (χ0n) is 12.6. The van der Waals surface area contributed by atoms with Crippen LogP contribution in [0.15, 0.2) is 29.7 Å². The largest absolute Gasteiger partial charge is 0.486 e. The van der Waals surface area contributed by atoms with Gasteiger partial charge in [-0.05, 0) is 24.6 Å². The molecular formula is C14H17N5O3S. The van der Waals surface area contributed by atoms with Crippen molar-refractivity contribution >= 4 is 17.7 Å². The van der Waals surface area contributed by atoms with Crippen molar-refractivity contribution < 1.29 is 14.3 Å². The van der Waals surface area contributed by atoms with Crippen molar-refractivity contribution in [1.82, 2.24) is 20.2 Å². The predicted molar refractivity (Wildman–Crippen MR) is 84.9 cm³/mol. The third-order valence-corrected chi connectivity index (χ3v) is 4.27. The summed E-state index contributed by atoms with van der Waals surface area (Å²) in [5.41, 5.74) is 0.953. The highest BCUT2D eigenvalue weighted by Crippen LogP contribution is 2.32. The molecule has 1 aliphatic heterocycles. The normalized spacial score (nSPS) is 14.3. The maximum absolute atomic E-state index is 12.0. The van der Waals surface area contributed by atoms with E-state index < -0.39 is 0 Å². The molecule has 2 heterocycles. The topological polar surface area (TPSA) is 104 Å². The number of nitrogens with two attached hydrogens (primary N) is 1. The molecule has 0 saturated heterocycles. The van der Waals surface area contributed by atoms with Crippen LogP contribution in [0.25, 0.3) is 0 Å². The van der Waals surface area contributed by atoms with Crippen LogP contribution in [0.2, 0.25) is 0 Å². The van der Waals surface area contributed by atoms with E-state index in [1.54, 1.807) is 0 Å². The van der Waals surface area contributed by atoms with Gasteiger partial charge in [-0.2, -0.15) is 0 Å². The van der Waals surface area contributed by atoms with Crippen LogP contribution in [-0.2, 0) is 4.79 Å². The third kappa shape index (κ3) is 3.67. The van der Waals surface area contributed by atoms with E-state index in [2.05, 4.69) is 15.5 Å². The molecule has 0 saturated carbocycles. The van der Waals surface area contributed by atoms with Crippen LogP contribution in [0.5, 0.6) is 11.5 Å². The summed E-state index contributed by atoms with van der Waals surface area (Å²) in [5.74, 6) is 7.14. The van der Waals surface area contributed by atoms with Crippen LogP contribution in [0.3, 0.4) is 0 Å². The lowest BCUT2D eigenvalue weighted by molar-refractivity contribution is -0.119. The standard InChI is InChI=1S/C14H17N5O3S/c1-9(10-2-3-11-12(6-10)22-5-4-21-11)17-13(20)7-23-14-18-16-8-19(14)15/h2-3,6,8-9H,4-5,7,15H2,1H3,(H,17,20)/t9-/m0/s1. The maximum atomic E-state index is 12.0. The van der Waals surface area contributed by atoms with Gasteiger partial charge in [0.15, 0.2) is 11.5 Å². The molecule has 0 radical (unpaired) electrons. The number of thioether (sulfide) groups is 1. The SMILES string of the molecule is C[C@H](NC(=O)CSc1nncn1N)c1ccc2c(c1)OCCO2. The minimum absolute atomic E-state index is 0.111. The Morgan fingerprint density at radius 2 is 2.22 bits per heavy atom. The Hall–Kier alpha value is -2.42. The van der Waals surface area contributed by atoms with Gasteiger partial charge in [0.05, 0.1) is 11.8 Å². The first-order chi connectivity index (χ1) is 11.1. The van der Waals surface area contributed by atoms with Gasteiger partial charge in [0.2, 0.25) is 11.1 Å². The molecule has 0 aliphatic carbocycles. The van der Waals surface area contributed by atoms with Crippen molar-refractivity contribution in [2.24, 2.45) is 0 Å². The quantitative estimate of drug-likeness (QED) is 0.613. The highest BCUT2D eigenvalue weighted by Gasteiger charge is 2.16. The minimum atomic E-state index is -0.144. The van der Waals surface area contributed by atoms with Crippen molar-refractivity contribution in [3.63, 3.8) is 0 Å². The molecule has 3 N–H and O–H groups in total. The summed E-state index contributed by atoms with van der Waals surface area (Å²) < 4.78 is 12.3. The van der Waals surface area contributed by atoms with Gasteiger partial charge in [-0.15, -0.1) is 10.2 Å². The molecule has 0 bridgehead atoms. The van der Waals surface area contributed by atoms with Gasteiger partial charge in [0, 0.05) is 0 Å². The summed E-state index contributed by atoms with van der Waals surface area (Å²) in [6.07, 6.45) is 1.39. The van der Waals surface area contributed by atoms with Crippen LogP contribution in [-0.4, -0.2) is 39.7 Å². The lowest BCUT2D eigenvalue weighted by Crippen LogP contribution is -2.28. The number of hydrogen-bond acceptors (Lipinski definition) is 7. The Kier molecular flexibility index (Phi) is 4.56. The fraction of sp³-hybridized carbons (Fsp3) is 0.357. The van der Waals surface area contributed by atoms with Crippen molar-refractivity contribution in [2.45, 2.75) is 18.1 Å². The summed E-state index contributed by atoms with van der Waals surface area (Å²) in [7, 11) is 0. The summed E-state index contributed by atoms with van der Waals surface area (Å²) >= 11 is 1.23. The molecule has 122 valence electrons. The Bertz CT molecular complexity index is 705. The van der Waals surface area contributed by atoms with Gasteiger partial charge in [-0.1, -0.05) is 17.8 Å². The Morgan fingerprint density at radius 3 is 2.96 bits per heavy atom. The number of carbonyl (C=O) groups is 1. The first-order valence-corrected chi connectivity index (χ1v) is 8.09. The molecule has 0 spiro atoms. The number of nitrogens with one attached hydrogen (secondary N) is 1. The summed E-state index contributed by atoms with van der Waals surface area (Å²) in [6.45, 7) is 3.01. The molecule has 23 heavy (non-hydrogen) atoms. The summed E-state index contributed by atoms with van der Waals surface area (Å²) in [6, 6.07) is 5.53. The molecule has 1 aromatic heterocycles. The molecule has 1 aromatic carbocycles. The average Bonchev–Trinajstić information content (AvgIpc) is 2.97. The zero-order valence-corrected chi connectivity index (χ0v) is 13.4. The van der Waals surface area contributed by atoms with Gasteiger partial charge < -0.3 is 20.6 Å². The summed E-state index contributed by atoms with van der Waals surface area (Å²) in [4.78, 5) is 12.0. The van der Waals surface area contributed by atoms with Gasteiger partial charge in [-0.3, -0.25) is 4.79 Å². The van der Waals surface area contributed by atoms with E-state index in [1.807, 2.05) is 25.1 Å². The molecular weight excluding hydrogens is 318 g/mol. The van der Waals surface area contributed by atoms with Crippen LogP contribution in [0, 0.1) is 0 Å². The summed E-state index contributed by atoms with van der Waals surface area (Å²) in [5, 5.41) is 10.9. The second kappa shape index (κ2) is 6.78. The Balaban J connectivity index is 1.57. The fourth-order valence-electron chi connectivity index (χ4n) is 2.16. The molecule has 1 amide bonds. The molecule has 3 rings (SSSR count). The van der Waals surface area contributed by atoms with Crippen molar-refractivity contribution in [1.29, 1.82) is 0 Å². The number of amides is 1. The molecule has 0 fully saturated rings. The first kappa shape index (κ1) is 15.5. The van der Waals surface area contributed by atoms with E-state index in [9.17, 15) is 4.79 Å². The second-order valence-electron chi connectivity index (χ2n) is 5.00. The molecule has 2 aromatic rings. The van der Waals surface area contributed by atoms with Crippen LogP contribution < -0.4 is 20.6 Å². The Morgan fingerprint density at radius 1 is 1.43 bits per heavy atom. The maximum Gasteiger partial charge on any atom is 0.230 e. The number of aromatic nitrogens is 3. The van der Waals surface area contributed by atoms with Gasteiger partial charge in [0.1, 0.15) is 19.5 Å². The highest BCUT2D eigenvalue weighted by molar-refractivity contribution is 7.99. The van der Waals surface area contributed by atoms with E-state index in [1.165, 1.54) is 22.8 Å². The van der Waals surface area contributed by atoms with Crippen LogP contribution >= 0.6 is 11.8 Å². The van der Waals surface area contributed by atoms with Crippen molar-refractivity contribution in [3.8, 4) is 11.5 Å². The molecule has 8 nitrogen and oxygen atoms in total. The van der Waals surface area contributed by atoms with E-state index >= 15 is 0 Å². The Labute approximate surface area is 137 Å². The smallest absolute Gasteiger partial charge is 0.230 e. The molecule has 9 heteroatoms. The number of carbonyl (C=O) groups excluding carboxylic acids is 1. The van der Waals surface area contributed by atoms with Crippen molar-refractivity contribution in [2.75, 3.05) is 24.8 Å². The van der Waals surface area contributed by atoms with Gasteiger partial charge in [-0.25, -0.2) is 4.68 Å². The van der Waals surface area contributed by atoms with E-state index in [0.29, 0.717) is 24.1 Å². The first-order valence-electron chi connectivity index (χ1n) is 7.10. The average molecular weight is 335 g/mol. The van der Waals surface area contributed by atoms with E-state index in [0.717, 1.165) is 11.3 Å². The van der Waals surface area contributed by atoms with Crippen LogP contribution in [0.1, 0.15) is 18.5 Å². The lowest BCUT2D eigenvalue weighted by Gasteiger charge is -2.21. The number of ether oxygens (including phenoxy) is 2. The van der Waals surface area contributed by atoms with Crippen molar-refractivity contribution in [3.05, 3.63) is 30.1 Å². The fourth-order valence-corrected chi connectivity index (χ4v) is 2.81. The van der Waals surface area contributed by atoms with Gasteiger partial charge in [0.25, 0.3) is 0 Å². The highest BCUT2D eigenvalue weighted by atomic mass is 32.2. The minimum Gasteiger partial charge on any atom is -0.486 e. The van der Waals surface area contributed by atoms with Crippen LogP contribution in [0.4, 0.5) is 0 Å². The zero-order chi connectivity index (χ0) is 16.2. The van der Waals surface area contributed by atoms with E-state index in [-0.39, 0.29) is 17.7 Å². The molecule has 0 unspecified atom stereocenters. The number of benzene rings is 1. The van der Waals surface area contributed by atoms with Gasteiger partial charge >= 0.3 is 0 Å². The predicted octanol–water partition coefficient (Wildman–Crippen LogP) is 0.733.